The zero-order valence-electron chi connectivity index (χ0n) is 19.9. The average molecular weight is 452 g/mol. The van der Waals surface area contributed by atoms with Crippen molar-refractivity contribution in [3.63, 3.8) is 0 Å². The number of aromatic carboxylic acids is 4. The summed E-state index contributed by atoms with van der Waals surface area (Å²) in [6.45, 7) is 0. The normalized spacial score (nSPS) is 10.2. The van der Waals surface area contributed by atoms with Crippen LogP contribution in [0.4, 0.5) is 0 Å². The summed E-state index contributed by atoms with van der Waals surface area (Å²) in [6.07, 6.45) is 0. The van der Waals surface area contributed by atoms with Crippen LogP contribution in [-0.2, 0) is 0 Å². The number of carbonyl (C=O) groups is 4. The summed E-state index contributed by atoms with van der Waals surface area (Å²) in [7, 11) is 0. The van der Waals surface area contributed by atoms with Crippen molar-refractivity contribution in [2.75, 3.05) is 0 Å². The van der Waals surface area contributed by atoms with E-state index in [1.807, 2.05) is 0 Å². The van der Waals surface area contributed by atoms with Gasteiger partial charge in [-0.3, -0.25) is 0 Å². The zero-order chi connectivity index (χ0) is 22.9. The van der Waals surface area contributed by atoms with E-state index in [9.17, 15) is 39.6 Å². The molecule has 0 heterocycles. The standard InChI is InChI=1S/C24H12O8.4Li/c25-21(26)13-8-7-11-10-5-1-3-9-4-2-6-12(14(9)10)16-15(11)17(13)19(23(29)30)20(24(31)32)18(16)22(27)28;;;;/h1-8H,(H,25,26)(H,27,28)(H,29,30)(H,31,32);;;;/q;4*+1/p-4. The van der Waals surface area contributed by atoms with Gasteiger partial charge in [0, 0.05) is 33.0 Å². The maximum atomic E-state index is 12.2. The van der Waals surface area contributed by atoms with E-state index < -0.39 is 51.5 Å². The average Bonchev–Trinajstić information content (AvgIpc) is 2.75. The van der Waals surface area contributed by atoms with E-state index in [4.69, 9.17) is 0 Å². The first-order valence-electron chi connectivity index (χ1n) is 9.28. The molecular formula is C24H8Li4O8. The Morgan fingerprint density at radius 3 is 1.42 bits per heavy atom. The molecule has 0 N–H and O–H groups in total. The zero-order valence-corrected chi connectivity index (χ0v) is 19.9. The maximum Gasteiger partial charge on any atom is 1.00 e. The van der Waals surface area contributed by atoms with Crippen molar-refractivity contribution < 1.29 is 115 Å². The minimum absolute atomic E-state index is 0. The molecule has 5 rings (SSSR count). The van der Waals surface area contributed by atoms with Crippen LogP contribution in [0, 0.1) is 0 Å². The van der Waals surface area contributed by atoms with Gasteiger partial charge in [0.25, 0.3) is 0 Å². The fourth-order valence-corrected chi connectivity index (χ4v) is 4.67. The van der Waals surface area contributed by atoms with Gasteiger partial charge < -0.3 is 39.6 Å². The van der Waals surface area contributed by atoms with Crippen molar-refractivity contribution in [3.8, 4) is 0 Å². The summed E-state index contributed by atoms with van der Waals surface area (Å²) in [5.41, 5.74) is -3.88. The predicted molar refractivity (Wildman–Crippen MR) is 105 cm³/mol. The van der Waals surface area contributed by atoms with Gasteiger partial charge >= 0.3 is 75.4 Å². The van der Waals surface area contributed by atoms with Crippen LogP contribution in [0.5, 0.6) is 0 Å². The Bertz CT molecular complexity index is 1690. The Balaban J connectivity index is 0.00000162. The molecule has 0 aliphatic heterocycles. The van der Waals surface area contributed by atoms with Gasteiger partial charge in [0.1, 0.15) is 0 Å². The molecule has 5 aromatic carbocycles. The number of carbonyl (C=O) groups excluding carboxylic acids is 4. The smallest absolute Gasteiger partial charge is 0.545 e. The van der Waals surface area contributed by atoms with E-state index in [1.54, 1.807) is 36.4 Å². The van der Waals surface area contributed by atoms with Crippen LogP contribution in [0.25, 0.3) is 43.1 Å². The molecule has 0 saturated heterocycles. The molecule has 8 nitrogen and oxygen atoms in total. The molecule has 0 amide bonds. The van der Waals surface area contributed by atoms with Crippen LogP contribution in [0.2, 0.25) is 0 Å². The predicted octanol–water partition coefficient (Wildman–Crippen LogP) is -12.8. The van der Waals surface area contributed by atoms with Crippen LogP contribution in [-0.4, -0.2) is 23.9 Å². The second-order valence-electron chi connectivity index (χ2n) is 7.27. The molecule has 0 aliphatic rings. The maximum absolute atomic E-state index is 12.2. The summed E-state index contributed by atoms with van der Waals surface area (Å²) in [6, 6.07) is 12.6. The second-order valence-corrected chi connectivity index (χ2v) is 7.27. The van der Waals surface area contributed by atoms with Gasteiger partial charge in [0.15, 0.2) is 0 Å². The van der Waals surface area contributed by atoms with Crippen molar-refractivity contribution in [1.29, 1.82) is 0 Å². The summed E-state index contributed by atoms with van der Waals surface area (Å²) >= 11 is 0. The Morgan fingerprint density at radius 1 is 0.444 bits per heavy atom. The molecule has 0 saturated carbocycles. The van der Waals surface area contributed by atoms with Crippen LogP contribution in [0.3, 0.4) is 0 Å². The number of benzene rings is 5. The molecule has 156 valence electrons. The quantitative estimate of drug-likeness (QED) is 0.148. The van der Waals surface area contributed by atoms with Crippen LogP contribution >= 0.6 is 0 Å². The molecule has 36 heavy (non-hydrogen) atoms. The Kier molecular flexibility index (Phi) is 10.0. The van der Waals surface area contributed by atoms with Crippen molar-refractivity contribution in [1.82, 2.24) is 0 Å². The molecule has 5 aromatic rings. The van der Waals surface area contributed by atoms with Crippen molar-refractivity contribution in [3.05, 3.63) is 70.8 Å². The van der Waals surface area contributed by atoms with Gasteiger partial charge in [0.2, 0.25) is 0 Å². The fraction of sp³-hybridized carbons (Fsp3) is 0. The molecule has 0 fully saturated rings. The fourth-order valence-electron chi connectivity index (χ4n) is 4.67. The third kappa shape index (κ3) is 4.36. The van der Waals surface area contributed by atoms with E-state index in [2.05, 4.69) is 0 Å². The molecule has 0 atom stereocenters. The van der Waals surface area contributed by atoms with Gasteiger partial charge in [-0.2, -0.15) is 0 Å². The van der Waals surface area contributed by atoms with E-state index in [-0.39, 0.29) is 91.6 Å². The molecule has 0 radical (unpaired) electrons. The summed E-state index contributed by atoms with van der Waals surface area (Å²) in [5, 5.41) is 49.8. The molecule has 0 aromatic heterocycles. The van der Waals surface area contributed by atoms with Crippen molar-refractivity contribution in [2.45, 2.75) is 0 Å². The molecule has 0 unspecified atom stereocenters. The van der Waals surface area contributed by atoms with Gasteiger partial charge in [-0.05, 0) is 32.3 Å². The number of carboxylic acids is 4. The van der Waals surface area contributed by atoms with E-state index in [0.717, 1.165) is 6.07 Å². The van der Waals surface area contributed by atoms with Crippen molar-refractivity contribution >= 4 is 67.0 Å². The number of fused-ring (bicyclic) bond motifs is 2. The number of carboxylic acid groups (broad SMARTS) is 4. The van der Waals surface area contributed by atoms with E-state index in [0.29, 0.717) is 21.5 Å². The Labute approximate surface area is 251 Å². The van der Waals surface area contributed by atoms with E-state index >= 15 is 0 Å². The summed E-state index contributed by atoms with van der Waals surface area (Å²) < 4.78 is 0. The van der Waals surface area contributed by atoms with Crippen LogP contribution < -0.4 is 95.9 Å². The third-order valence-corrected chi connectivity index (χ3v) is 5.75. The summed E-state index contributed by atoms with van der Waals surface area (Å²) in [5.74, 6) is -7.92. The Hall–Kier alpha value is -2.33. The molecule has 0 bridgehead atoms. The molecule has 12 heteroatoms. The molecule has 0 spiro atoms. The van der Waals surface area contributed by atoms with Gasteiger partial charge in [0.05, 0.1) is 23.9 Å². The first kappa shape index (κ1) is 31.7. The van der Waals surface area contributed by atoms with Crippen molar-refractivity contribution in [2.24, 2.45) is 0 Å². The van der Waals surface area contributed by atoms with Crippen LogP contribution in [0.1, 0.15) is 41.4 Å². The summed E-state index contributed by atoms with van der Waals surface area (Å²) in [4.78, 5) is 48.0. The largest absolute Gasteiger partial charge is 1.00 e. The van der Waals surface area contributed by atoms with Gasteiger partial charge in [-0.25, -0.2) is 0 Å². The minimum atomic E-state index is -2.12. The monoisotopic (exact) mass is 452 g/mol. The molecular weight excluding hydrogens is 444 g/mol. The van der Waals surface area contributed by atoms with Gasteiger partial charge in [-0.1, -0.05) is 48.5 Å². The van der Waals surface area contributed by atoms with Gasteiger partial charge in [-0.15, -0.1) is 0 Å². The minimum Gasteiger partial charge on any atom is -0.545 e. The Morgan fingerprint density at radius 2 is 0.917 bits per heavy atom. The SMILES string of the molecule is O=C([O-])c1c(C(=O)[O-])c2c(C(=O)[O-])ccc3c4cccc5cccc(c(c1C(=O)[O-])c23)c54.[Li+].[Li+].[Li+].[Li+]. The number of hydrogen-bond donors (Lipinski definition) is 0. The molecule has 0 aliphatic carbocycles. The second kappa shape index (κ2) is 11.4. The first-order valence-corrected chi connectivity index (χ1v) is 9.28. The van der Waals surface area contributed by atoms with E-state index in [1.165, 1.54) is 6.07 Å². The first-order chi connectivity index (χ1) is 15.2. The third-order valence-electron chi connectivity index (χ3n) is 5.75. The van der Waals surface area contributed by atoms with Crippen LogP contribution in [0.15, 0.2) is 48.5 Å². The topological polar surface area (TPSA) is 161 Å². The number of hydrogen-bond acceptors (Lipinski definition) is 8. The number of rotatable bonds is 4.